The number of nitrogens with one attached hydrogen (secondary N) is 1. The first-order valence-electron chi connectivity index (χ1n) is 6.47. The van der Waals surface area contributed by atoms with Gasteiger partial charge >= 0.3 is 5.97 Å². The molecule has 0 unspecified atom stereocenters. The molecule has 6 nitrogen and oxygen atoms in total. The zero-order chi connectivity index (χ0) is 15.5. The molecular weight excluding hydrogens is 356 g/mol. The molecule has 8 heteroatoms. The molecule has 2 N–H and O–H groups in total. The molecule has 21 heavy (non-hydrogen) atoms. The monoisotopic (exact) mass is 372 g/mol. The van der Waals surface area contributed by atoms with Crippen LogP contribution < -0.4 is 5.32 Å². The number of hydrogen-bond donors (Lipinski definition) is 2. The number of nitrogens with zero attached hydrogens (tertiary/aromatic N) is 3. The lowest BCUT2D eigenvalue weighted by Crippen LogP contribution is -2.31. The molecule has 0 aliphatic carbocycles. The van der Waals surface area contributed by atoms with Gasteiger partial charge in [0.25, 0.3) is 0 Å². The molecule has 0 radical (unpaired) electrons. The maximum atomic E-state index is 10.7. The van der Waals surface area contributed by atoms with Crippen LogP contribution >= 0.6 is 27.3 Å². The van der Waals surface area contributed by atoms with Gasteiger partial charge in [-0.15, -0.1) is 11.3 Å². The summed E-state index contributed by atoms with van der Waals surface area (Å²) >= 11 is 4.92. The maximum Gasteiger partial charge on any atom is 0.303 e. The van der Waals surface area contributed by atoms with Crippen LogP contribution in [0.4, 0.5) is 5.13 Å². The number of thiazole rings is 1. The highest BCUT2D eigenvalue weighted by atomic mass is 79.9. The Bertz CT molecular complexity index is 623. The van der Waals surface area contributed by atoms with Gasteiger partial charge in [0.1, 0.15) is 0 Å². The number of rotatable bonds is 7. The van der Waals surface area contributed by atoms with Gasteiger partial charge in [-0.3, -0.25) is 9.48 Å². The summed E-state index contributed by atoms with van der Waals surface area (Å²) in [6.45, 7) is 4.61. The Labute approximate surface area is 135 Å². The van der Waals surface area contributed by atoms with Crippen molar-refractivity contribution in [1.82, 2.24) is 14.8 Å². The van der Waals surface area contributed by atoms with Crippen LogP contribution in [0.2, 0.25) is 0 Å². The third kappa shape index (κ3) is 5.13. The first-order valence-corrected chi connectivity index (χ1v) is 8.08. The average Bonchev–Trinajstić information content (AvgIpc) is 2.97. The van der Waals surface area contributed by atoms with Crippen molar-refractivity contribution >= 4 is 38.4 Å². The molecule has 2 aromatic rings. The van der Waals surface area contributed by atoms with E-state index in [-0.39, 0.29) is 12.0 Å². The summed E-state index contributed by atoms with van der Waals surface area (Å²) < 4.78 is 2.77. The van der Waals surface area contributed by atoms with E-state index in [9.17, 15) is 4.79 Å². The second-order valence-electron chi connectivity index (χ2n) is 5.39. The van der Waals surface area contributed by atoms with E-state index < -0.39 is 5.97 Å². The van der Waals surface area contributed by atoms with Gasteiger partial charge in [-0.1, -0.05) is 0 Å². The average molecular weight is 373 g/mol. The lowest BCUT2D eigenvalue weighted by atomic mass is 9.99. The summed E-state index contributed by atoms with van der Waals surface area (Å²) in [6.07, 6.45) is 6.15. The Hall–Kier alpha value is -1.41. The van der Waals surface area contributed by atoms with Crippen LogP contribution in [-0.4, -0.2) is 31.4 Å². The van der Waals surface area contributed by atoms with Crippen molar-refractivity contribution in [2.24, 2.45) is 0 Å². The molecular formula is C13H17BrN4O2S. The predicted molar refractivity (Wildman–Crippen MR) is 85.7 cm³/mol. The minimum atomic E-state index is -0.783. The number of hydrogen-bond acceptors (Lipinski definition) is 5. The van der Waals surface area contributed by atoms with Crippen molar-refractivity contribution in [3.05, 3.63) is 27.9 Å². The quantitative estimate of drug-likeness (QED) is 0.779. The number of halogens is 1. The van der Waals surface area contributed by atoms with Crippen molar-refractivity contribution < 1.29 is 9.90 Å². The first-order chi connectivity index (χ1) is 9.84. The van der Waals surface area contributed by atoms with Gasteiger partial charge in [0.05, 0.1) is 17.2 Å². The van der Waals surface area contributed by atoms with Gasteiger partial charge in [0.2, 0.25) is 0 Å². The highest BCUT2D eigenvalue weighted by molar-refractivity contribution is 9.10. The molecule has 0 saturated carbocycles. The van der Waals surface area contributed by atoms with Crippen LogP contribution in [0.5, 0.6) is 0 Å². The highest BCUT2D eigenvalue weighted by Gasteiger charge is 2.20. The van der Waals surface area contributed by atoms with Crippen LogP contribution in [0.25, 0.3) is 0 Å². The van der Waals surface area contributed by atoms with E-state index in [2.05, 4.69) is 31.3 Å². The summed E-state index contributed by atoms with van der Waals surface area (Å²) in [4.78, 5) is 16.1. The topological polar surface area (TPSA) is 80.0 Å². The number of aromatic nitrogens is 3. The SMILES string of the molecule is CC(C)(CCC(=O)O)Nc1ncc(Cn2cc(Br)cn2)s1. The molecule has 114 valence electrons. The molecule has 0 bridgehead atoms. The third-order valence-corrected chi connectivity index (χ3v) is 4.19. The summed E-state index contributed by atoms with van der Waals surface area (Å²) in [5, 5.41) is 17.1. The molecule has 0 aliphatic heterocycles. The number of carboxylic acids is 1. The van der Waals surface area contributed by atoms with Crippen LogP contribution in [-0.2, 0) is 11.3 Å². The van der Waals surface area contributed by atoms with Crippen LogP contribution in [0.15, 0.2) is 23.1 Å². The van der Waals surface area contributed by atoms with Crippen LogP contribution in [0, 0.1) is 0 Å². The van der Waals surface area contributed by atoms with Crippen molar-refractivity contribution in [1.29, 1.82) is 0 Å². The molecule has 0 fully saturated rings. The molecule has 0 saturated heterocycles. The molecule has 0 amide bonds. The molecule has 2 aromatic heterocycles. The fourth-order valence-electron chi connectivity index (χ4n) is 1.79. The standard InChI is InChI=1S/C13H17BrN4O2S/c1-13(2,4-3-11(19)20)17-12-15-6-10(21-12)8-18-7-9(14)5-16-18/h5-7H,3-4,8H2,1-2H3,(H,15,17)(H,19,20). The van der Waals surface area contributed by atoms with Crippen molar-refractivity contribution in [2.75, 3.05) is 5.32 Å². The minimum Gasteiger partial charge on any atom is -0.481 e. The molecule has 2 heterocycles. The van der Waals surface area contributed by atoms with E-state index in [4.69, 9.17) is 5.11 Å². The van der Waals surface area contributed by atoms with E-state index in [1.54, 1.807) is 17.5 Å². The van der Waals surface area contributed by atoms with E-state index in [1.807, 2.05) is 30.9 Å². The van der Waals surface area contributed by atoms with Gasteiger partial charge in [-0.2, -0.15) is 5.10 Å². The molecule has 0 atom stereocenters. The van der Waals surface area contributed by atoms with Gasteiger partial charge in [0, 0.05) is 29.2 Å². The normalized spacial score (nSPS) is 11.6. The lowest BCUT2D eigenvalue weighted by Gasteiger charge is -2.25. The van der Waals surface area contributed by atoms with Crippen molar-refractivity contribution in [3.8, 4) is 0 Å². The second-order valence-corrected chi connectivity index (χ2v) is 7.42. The Balaban J connectivity index is 1.94. The summed E-state index contributed by atoms with van der Waals surface area (Å²) in [7, 11) is 0. The smallest absolute Gasteiger partial charge is 0.303 e. The van der Waals surface area contributed by atoms with Crippen molar-refractivity contribution in [3.63, 3.8) is 0 Å². The van der Waals surface area contributed by atoms with Gasteiger partial charge in [0.15, 0.2) is 5.13 Å². The Morgan fingerprint density at radius 3 is 2.90 bits per heavy atom. The second kappa shape index (κ2) is 6.57. The highest BCUT2D eigenvalue weighted by Crippen LogP contribution is 2.25. The molecule has 0 spiro atoms. The zero-order valence-electron chi connectivity index (χ0n) is 11.8. The number of carboxylic acid groups (broad SMARTS) is 1. The van der Waals surface area contributed by atoms with Gasteiger partial charge < -0.3 is 10.4 Å². The van der Waals surface area contributed by atoms with Gasteiger partial charge in [-0.25, -0.2) is 4.98 Å². The largest absolute Gasteiger partial charge is 0.481 e. The van der Waals surface area contributed by atoms with E-state index >= 15 is 0 Å². The zero-order valence-corrected chi connectivity index (χ0v) is 14.2. The Morgan fingerprint density at radius 2 is 2.29 bits per heavy atom. The summed E-state index contributed by atoms with van der Waals surface area (Å²) in [5.74, 6) is -0.783. The van der Waals surface area contributed by atoms with Crippen LogP contribution in [0.1, 0.15) is 31.6 Å². The third-order valence-electron chi connectivity index (χ3n) is 2.88. The number of anilines is 1. The summed E-state index contributed by atoms with van der Waals surface area (Å²) in [6, 6.07) is 0. The number of aliphatic carboxylic acids is 1. The predicted octanol–water partition coefficient (Wildman–Crippen LogP) is 3.21. The Morgan fingerprint density at radius 1 is 1.52 bits per heavy atom. The van der Waals surface area contributed by atoms with Gasteiger partial charge in [-0.05, 0) is 36.2 Å². The molecule has 0 aliphatic rings. The first kappa shape index (κ1) is 16.0. The van der Waals surface area contributed by atoms with Crippen LogP contribution in [0.3, 0.4) is 0 Å². The fourth-order valence-corrected chi connectivity index (χ4v) is 3.11. The fraction of sp³-hybridized carbons (Fsp3) is 0.462. The lowest BCUT2D eigenvalue weighted by molar-refractivity contribution is -0.137. The summed E-state index contributed by atoms with van der Waals surface area (Å²) in [5.41, 5.74) is -0.303. The maximum absolute atomic E-state index is 10.7. The van der Waals surface area contributed by atoms with E-state index in [1.165, 1.54) is 0 Å². The Kier molecular flexibility index (Phi) is 5.00. The minimum absolute atomic E-state index is 0.138. The van der Waals surface area contributed by atoms with E-state index in [0.717, 1.165) is 14.5 Å². The molecule has 2 rings (SSSR count). The van der Waals surface area contributed by atoms with Crippen molar-refractivity contribution in [2.45, 2.75) is 38.8 Å². The van der Waals surface area contributed by atoms with E-state index in [0.29, 0.717) is 13.0 Å². The number of carbonyl (C=O) groups is 1. The molecule has 0 aromatic carbocycles.